The molecule has 0 radical (unpaired) electrons. The van der Waals surface area contributed by atoms with E-state index in [0.29, 0.717) is 18.8 Å². The summed E-state index contributed by atoms with van der Waals surface area (Å²) in [5.41, 5.74) is 0.531. The Morgan fingerprint density at radius 2 is 2.15 bits per heavy atom. The quantitative estimate of drug-likeness (QED) is 0.430. The van der Waals surface area contributed by atoms with E-state index in [1.54, 1.807) is 6.07 Å². The van der Waals surface area contributed by atoms with Crippen LogP contribution in [0.1, 0.15) is 23.7 Å². The van der Waals surface area contributed by atoms with Crippen molar-refractivity contribution in [1.82, 2.24) is 5.32 Å². The Kier molecular flexibility index (Phi) is 6.45. The summed E-state index contributed by atoms with van der Waals surface area (Å²) in [6.07, 6.45) is 0.923. The fourth-order valence-electron chi connectivity index (χ4n) is 1.62. The molecule has 0 bridgehead atoms. The molecule has 7 heteroatoms. The maximum atomic E-state index is 12.0. The summed E-state index contributed by atoms with van der Waals surface area (Å²) in [7, 11) is 1.52. The molecule has 2 N–H and O–H groups in total. The summed E-state index contributed by atoms with van der Waals surface area (Å²) in [6.45, 7) is 3.41. The molecule has 110 valence electrons. The molecule has 1 aromatic carbocycles. The van der Waals surface area contributed by atoms with Gasteiger partial charge in [0, 0.05) is 32.0 Å². The number of hydrogen-bond acceptors (Lipinski definition) is 5. The Morgan fingerprint density at radius 3 is 2.75 bits per heavy atom. The zero-order valence-electron chi connectivity index (χ0n) is 11.6. The number of methoxy groups -OCH3 is 1. The highest BCUT2D eigenvalue weighted by molar-refractivity contribution is 5.99. The first-order valence-electron chi connectivity index (χ1n) is 6.39. The summed E-state index contributed by atoms with van der Waals surface area (Å²) in [6, 6.07) is 4.43. The Balaban J connectivity index is 2.93. The third-order valence-electron chi connectivity index (χ3n) is 2.61. The predicted octanol–water partition coefficient (Wildman–Crippen LogP) is 1.79. The van der Waals surface area contributed by atoms with Crippen LogP contribution in [0.2, 0.25) is 0 Å². The molecule has 0 unspecified atom stereocenters. The molecule has 20 heavy (non-hydrogen) atoms. The van der Waals surface area contributed by atoms with Gasteiger partial charge in [0.1, 0.15) is 5.56 Å². The van der Waals surface area contributed by atoms with E-state index in [0.717, 1.165) is 13.0 Å². The number of anilines is 1. The molecule has 1 amide bonds. The molecule has 0 saturated heterocycles. The number of carbonyl (C=O) groups is 1. The summed E-state index contributed by atoms with van der Waals surface area (Å²) in [5.74, 6) is -0.478. The lowest BCUT2D eigenvalue weighted by atomic mass is 10.1. The number of ether oxygens (including phenoxy) is 1. The van der Waals surface area contributed by atoms with Crippen LogP contribution in [0.3, 0.4) is 0 Å². The monoisotopic (exact) mass is 281 g/mol. The van der Waals surface area contributed by atoms with Gasteiger partial charge in [-0.3, -0.25) is 14.9 Å². The number of nitro benzene ring substituents is 1. The van der Waals surface area contributed by atoms with Crippen LogP contribution in [0.25, 0.3) is 0 Å². The molecule has 0 fully saturated rings. The summed E-state index contributed by atoms with van der Waals surface area (Å²) in [4.78, 5) is 22.4. The average molecular weight is 281 g/mol. The maximum Gasteiger partial charge on any atom is 0.282 e. The highest BCUT2D eigenvalue weighted by atomic mass is 16.6. The van der Waals surface area contributed by atoms with Crippen LogP contribution in [0, 0.1) is 10.1 Å². The first kappa shape index (κ1) is 15.9. The minimum absolute atomic E-state index is 0.0483. The summed E-state index contributed by atoms with van der Waals surface area (Å²) >= 11 is 0. The van der Waals surface area contributed by atoms with Crippen molar-refractivity contribution in [3.63, 3.8) is 0 Å². The molecule has 0 aliphatic heterocycles. The molecular formula is C13H19N3O4. The number of benzene rings is 1. The fourth-order valence-corrected chi connectivity index (χ4v) is 1.62. The van der Waals surface area contributed by atoms with E-state index < -0.39 is 10.8 Å². The van der Waals surface area contributed by atoms with Crippen LogP contribution in [0.4, 0.5) is 11.4 Å². The molecule has 0 aliphatic carbocycles. The van der Waals surface area contributed by atoms with E-state index in [1.807, 2.05) is 6.92 Å². The Labute approximate surface area is 117 Å². The third-order valence-corrected chi connectivity index (χ3v) is 2.61. The van der Waals surface area contributed by atoms with E-state index in [4.69, 9.17) is 4.74 Å². The minimum atomic E-state index is -0.561. The van der Waals surface area contributed by atoms with Gasteiger partial charge in [0.25, 0.3) is 11.6 Å². The minimum Gasteiger partial charge on any atom is -0.385 e. The van der Waals surface area contributed by atoms with Gasteiger partial charge < -0.3 is 15.4 Å². The van der Waals surface area contributed by atoms with Crippen molar-refractivity contribution in [2.45, 2.75) is 13.3 Å². The molecular weight excluding hydrogens is 262 g/mol. The second-order valence-corrected chi connectivity index (χ2v) is 4.16. The Bertz CT molecular complexity index is 477. The molecule has 0 aromatic heterocycles. The van der Waals surface area contributed by atoms with E-state index >= 15 is 0 Å². The van der Waals surface area contributed by atoms with Crippen molar-refractivity contribution in [3.8, 4) is 0 Å². The number of amides is 1. The SMILES string of the molecule is CCCNc1ccc([N+](=O)[O-])c(C(=O)NCCOC)c1. The lowest BCUT2D eigenvalue weighted by Crippen LogP contribution is -2.27. The molecule has 7 nitrogen and oxygen atoms in total. The number of rotatable bonds is 8. The molecule has 0 aliphatic rings. The zero-order valence-corrected chi connectivity index (χ0v) is 11.6. The van der Waals surface area contributed by atoms with E-state index in [2.05, 4.69) is 10.6 Å². The van der Waals surface area contributed by atoms with Gasteiger partial charge in [-0.2, -0.15) is 0 Å². The van der Waals surface area contributed by atoms with Crippen LogP contribution in [0.5, 0.6) is 0 Å². The highest BCUT2D eigenvalue weighted by Crippen LogP contribution is 2.22. The zero-order chi connectivity index (χ0) is 15.0. The maximum absolute atomic E-state index is 12.0. The lowest BCUT2D eigenvalue weighted by Gasteiger charge is -2.09. The number of nitrogens with one attached hydrogen (secondary N) is 2. The summed E-state index contributed by atoms with van der Waals surface area (Å²) < 4.78 is 4.82. The van der Waals surface area contributed by atoms with Crippen LogP contribution in [0.15, 0.2) is 18.2 Å². The largest absolute Gasteiger partial charge is 0.385 e. The van der Waals surface area contributed by atoms with Crippen LogP contribution in [-0.4, -0.2) is 37.6 Å². The third kappa shape index (κ3) is 4.51. The van der Waals surface area contributed by atoms with Gasteiger partial charge in [0.05, 0.1) is 11.5 Å². The van der Waals surface area contributed by atoms with Crippen LogP contribution >= 0.6 is 0 Å². The lowest BCUT2D eigenvalue weighted by molar-refractivity contribution is -0.385. The van der Waals surface area contributed by atoms with Crippen molar-refractivity contribution in [2.24, 2.45) is 0 Å². The van der Waals surface area contributed by atoms with Crippen molar-refractivity contribution >= 4 is 17.3 Å². The van der Waals surface area contributed by atoms with Gasteiger partial charge >= 0.3 is 0 Å². The van der Waals surface area contributed by atoms with Gasteiger partial charge in [-0.05, 0) is 18.6 Å². The van der Waals surface area contributed by atoms with Gasteiger partial charge in [-0.25, -0.2) is 0 Å². The standard InChI is InChI=1S/C13H19N3O4/c1-3-6-14-10-4-5-12(16(18)19)11(9-10)13(17)15-7-8-20-2/h4-5,9,14H,3,6-8H2,1-2H3,(H,15,17). The topological polar surface area (TPSA) is 93.5 Å². The predicted molar refractivity (Wildman–Crippen MR) is 76.1 cm³/mol. The Morgan fingerprint density at radius 1 is 1.40 bits per heavy atom. The second kappa shape index (κ2) is 8.11. The van der Waals surface area contributed by atoms with Gasteiger partial charge in [-0.1, -0.05) is 6.92 Å². The first-order chi connectivity index (χ1) is 9.60. The van der Waals surface area contributed by atoms with Crippen molar-refractivity contribution in [3.05, 3.63) is 33.9 Å². The molecule has 0 spiro atoms. The van der Waals surface area contributed by atoms with Crippen molar-refractivity contribution in [2.75, 3.05) is 32.1 Å². The number of hydrogen-bond donors (Lipinski definition) is 2. The van der Waals surface area contributed by atoms with Crippen molar-refractivity contribution in [1.29, 1.82) is 0 Å². The van der Waals surface area contributed by atoms with E-state index in [9.17, 15) is 14.9 Å². The molecule has 1 rings (SSSR count). The molecule has 0 saturated carbocycles. The van der Waals surface area contributed by atoms with E-state index in [1.165, 1.54) is 19.2 Å². The fraction of sp³-hybridized carbons (Fsp3) is 0.462. The normalized spacial score (nSPS) is 10.1. The van der Waals surface area contributed by atoms with Crippen molar-refractivity contribution < 1.29 is 14.5 Å². The van der Waals surface area contributed by atoms with E-state index in [-0.39, 0.29) is 11.3 Å². The number of nitro groups is 1. The smallest absolute Gasteiger partial charge is 0.282 e. The number of carbonyl (C=O) groups excluding carboxylic acids is 1. The average Bonchev–Trinajstić information content (AvgIpc) is 2.44. The van der Waals surface area contributed by atoms with Crippen LogP contribution < -0.4 is 10.6 Å². The van der Waals surface area contributed by atoms with Gasteiger partial charge in [-0.15, -0.1) is 0 Å². The molecule has 0 heterocycles. The summed E-state index contributed by atoms with van der Waals surface area (Å²) in [5, 5.41) is 16.6. The van der Waals surface area contributed by atoms with Gasteiger partial charge in [0.15, 0.2) is 0 Å². The molecule has 1 aromatic rings. The van der Waals surface area contributed by atoms with Gasteiger partial charge in [0.2, 0.25) is 0 Å². The highest BCUT2D eigenvalue weighted by Gasteiger charge is 2.20. The first-order valence-corrected chi connectivity index (χ1v) is 6.39. The number of nitrogens with zero attached hydrogens (tertiary/aromatic N) is 1. The second-order valence-electron chi connectivity index (χ2n) is 4.16. The molecule has 0 atom stereocenters. The van der Waals surface area contributed by atoms with Crippen LogP contribution in [-0.2, 0) is 4.74 Å². The Hall–Kier alpha value is -2.15.